The first kappa shape index (κ1) is 21.1. The third-order valence-corrected chi connectivity index (χ3v) is 5.02. The lowest BCUT2D eigenvalue weighted by Crippen LogP contribution is -2.34. The number of hydrogen-bond acceptors (Lipinski definition) is 3. The SMILES string of the molecule is CC(C)CCOc1ccc(C(=O)NC(=S)Nc2ccc(I)cc2)cc1Br. The summed E-state index contributed by atoms with van der Waals surface area (Å²) in [6, 6.07) is 13.0. The largest absolute Gasteiger partial charge is 0.492 e. The van der Waals surface area contributed by atoms with Gasteiger partial charge in [-0.25, -0.2) is 0 Å². The standard InChI is InChI=1S/C19H20BrIN2O2S/c1-12(2)9-10-25-17-8-3-13(11-16(17)20)18(24)23-19(26)22-15-6-4-14(21)5-7-15/h3-8,11-12H,9-10H2,1-2H3,(H2,22,23,24,26). The average molecular weight is 547 g/mol. The van der Waals surface area contributed by atoms with Gasteiger partial charge in [0.05, 0.1) is 11.1 Å². The number of ether oxygens (including phenoxy) is 1. The van der Waals surface area contributed by atoms with E-state index in [2.05, 4.69) is 63.0 Å². The van der Waals surface area contributed by atoms with E-state index in [9.17, 15) is 4.79 Å². The lowest BCUT2D eigenvalue weighted by Gasteiger charge is -2.12. The molecule has 2 N–H and O–H groups in total. The second kappa shape index (κ2) is 10.2. The molecule has 0 radical (unpaired) electrons. The lowest BCUT2D eigenvalue weighted by atomic mass is 10.1. The molecule has 0 heterocycles. The van der Waals surface area contributed by atoms with Crippen LogP contribution in [-0.4, -0.2) is 17.6 Å². The molecule has 7 heteroatoms. The predicted octanol–water partition coefficient (Wildman–Crippen LogP) is 5.61. The minimum absolute atomic E-state index is 0.254. The minimum atomic E-state index is -0.276. The zero-order chi connectivity index (χ0) is 19.1. The van der Waals surface area contributed by atoms with Crippen molar-refractivity contribution in [3.05, 3.63) is 56.1 Å². The molecule has 0 bridgehead atoms. The van der Waals surface area contributed by atoms with Crippen molar-refractivity contribution in [2.75, 3.05) is 11.9 Å². The van der Waals surface area contributed by atoms with Gasteiger partial charge in [-0.05, 0) is 106 Å². The van der Waals surface area contributed by atoms with E-state index in [0.29, 0.717) is 18.1 Å². The van der Waals surface area contributed by atoms with Crippen molar-refractivity contribution in [3.63, 3.8) is 0 Å². The van der Waals surface area contributed by atoms with Gasteiger partial charge in [0.25, 0.3) is 5.91 Å². The van der Waals surface area contributed by atoms with Gasteiger partial charge in [0.1, 0.15) is 5.75 Å². The summed E-state index contributed by atoms with van der Waals surface area (Å²) in [7, 11) is 0. The van der Waals surface area contributed by atoms with E-state index in [1.54, 1.807) is 18.2 Å². The van der Waals surface area contributed by atoms with E-state index in [4.69, 9.17) is 17.0 Å². The van der Waals surface area contributed by atoms with Gasteiger partial charge in [0.15, 0.2) is 5.11 Å². The number of amides is 1. The molecule has 0 aliphatic rings. The van der Waals surface area contributed by atoms with Crippen LogP contribution in [-0.2, 0) is 0 Å². The molecule has 138 valence electrons. The lowest BCUT2D eigenvalue weighted by molar-refractivity contribution is 0.0977. The quantitative estimate of drug-likeness (QED) is 0.365. The molecule has 0 spiro atoms. The Bertz CT molecular complexity index is 782. The van der Waals surface area contributed by atoms with E-state index in [0.717, 1.165) is 25.9 Å². The maximum Gasteiger partial charge on any atom is 0.257 e. The Balaban J connectivity index is 1.93. The van der Waals surface area contributed by atoms with Crippen molar-refractivity contribution in [2.24, 2.45) is 5.92 Å². The molecule has 26 heavy (non-hydrogen) atoms. The first-order chi connectivity index (χ1) is 12.3. The third kappa shape index (κ3) is 6.85. The first-order valence-corrected chi connectivity index (χ1v) is 10.4. The zero-order valence-electron chi connectivity index (χ0n) is 14.5. The van der Waals surface area contributed by atoms with Crippen LogP contribution in [0.2, 0.25) is 0 Å². The molecule has 0 unspecified atom stereocenters. The van der Waals surface area contributed by atoms with Crippen LogP contribution in [0.15, 0.2) is 46.9 Å². The van der Waals surface area contributed by atoms with Gasteiger partial charge in [0, 0.05) is 14.8 Å². The smallest absolute Gasteiger partial charge is 0.257 e. The van der Waals surface area contributed by atoms with Gasteiger partial charge >= 0.3 is 0 Å². The molecule has 0 aliphatic carbocycles. The number of carbonyl (C=O) groups excluding carboxylic acids is 1. The number of anilines is 1. The summed E-state index contributed by atoms with van der Waals surface area (Å²) in [4.78, 5) is 12.4. The highest BCUT2D eigenvalue weighted by atomic mass is 127. The summed E-state index contributed by atoms with van der Waals surface area (Å²) in [6.45, 7) is 4.95. The Morgan fingerprint density at radius 1 is 1.23 bits per heavy atom. The zero-order valence-corrected chi connectivity index (χ0v) is 19.1. The van der Waals surface area contributed by atoms with Gasteiger partial charge in [-0.3, -0.25) is 10.1 Å². The van der Waals surface area contributed by atoms with E-state index in [1.807, 2.05) is 24.3 Å². The molecule has 0 aliphatic heterocycles. The van der Waals surface area contributed by atoms with Gasteiger partial charge in [0.2, 0.25) is 0 Å². The highest BCUT2D eigenvalue weighted by molar-refractivity contribution is 14.1. The Morgan fingerprint density at radius 3 is 2.54 bits per heavy atom. The number of halogens is 2. The van der Waals surface area contributed by atoms with Crippen molar-refractivity contribution in [3.8, 4) is 5.75 Å². The van der Waals surface area contributed by atoms with Crippen LogP contribution in [0.3, 0.4) is 0 Å². The Kier molecular flexibility index (Phi) is 8.30. The molecule has 2 rings (SSSR count). The summed E-state index contributed by atoms with van der Waals surface area (Å²) in [5, 5.41) is 5.93. The summed E-state index contributed by atoms with van der Waals surface area (Å²) in [5.41, 5.74) is 1.32. The summed E-state index contributed by atoms with van der Waals surface area (Å²) >= 11 is 10.9. The van der Waals surface area contributed by atoms with Crippen molar-refractivity contribution in [2.45, 2.75) is 20.3 Å². The fourth-order valence-electron chi connectivity index (χ4n) is 2.03. The minimum Gasteiger partial charge on any atom is -0.492 e. The predicted molar refractivity (Wildman–Crippen MR) is 122 cm³/mol. The molecule has 4 nitrogen and oxygen atoms in total. The molecule has 0 aromatic heterocycles. The number of thiocarbonyl (C=S) groups is 1. The van der Waals surface area contributed by atoms with Crippen LogP contribution in [0.5, 0.6) is 5.75 Å². The monoisotopic (exact) mass is 546 g/mol. The van der Waals surface area contributed by atoms with E-state index < -0.39 is 0 Å². The Morgan fingerprint density at radius 2 is 1.92 bits per heavy atom. The third-order valence-electron chi connectivity index (χ3n) is 3.48. The van der Waals surface area contributed by atoms with E-state index in [-0.39, 0.29) is 11.0 Å². The van der Waals surface area contributed by atoms with Crippen molar-refractivity contribution >= 4 is 67.4 Å². The summed E-state index contributed by atoms with van der Waals surface area (Å²) in [6.07, 6.45) is 0.979. The second-order valence-corrected chi connectivity index (χ2v) is 8.60. The molecule has 0 saturated carbocycles. The van der Waals surface area contributed by atoms with Crippen molar-refractivity contribution < 1.29 is 9.53 Å². The van der Waals surface area contributed by atoms with Gasteiger partial charge in [-0.1, -0.05) is 13.8 Å². The van der Waals surface area contributed by atoms with Crippen LogP contribution in [0.4, 0.5) is 5.69 Å². The van der Waals surface area contributed by atoms with Gasteiger partial charge in [-0.15, -0.1) is 0 Å². The topological polar surface area (TPSA) is 50.4 Å². The maximum absolute atomic E-state index is 12.4. The van der Waals surface area contributed by atoms with E-state index in [1.165, 1.54) is 0 Å². The molecular weight excluding hydrogens is 527 g/mol. The molecule has 0 atom stereocenters. The molecular formula is C19H20BrIN2O2S. The van der Waals surface area contributed by atoms with Crippen molar-refractivity contribution in [1.82, 2.24) is 5.32 Å². The summed E-state index contributed by atoms with van der Waals surface area (Å²) < 4.78 is 7.60. The number of carbonyl (C=O) groups is 1. The molecule has 1 amide bonds. The number of rotatable bonds is 6. The normalized spacial score (nSPS) is 10.5. The first-order valence-electron chi connectivity index (χ1n) is 8.15. The average Bonchev–Trinajstić information content (AvgIpc) is 2.58. The maximum atomic E-state index is 12.4. The molecule has 0 fully saturated rings. The van der Waals surface area contributed by atoms with Crippen LogP contribution in [0, 0.1) is 9.49 Å². The fraction of sp³-hybridized carbons (Fsp3) is 0.263. The van der Waals surface area contributed by atoms with Crippen LogP contribution in [0.25, 0.3) is 0 Å². The fourth-order valence-corrected chi connectivity index (χ4v) is 3.10. The van der Waals surface area contributed by atoms with E-state index >= 15 is 0 Å². The highest BCUT2D eigenvalue weighted by Gasteiger charge is 2.11. The van der Waals surface area contributed by atoms with Gasteiger partial charge < -0.3 is 10.1 Å². The van der Waals surface area contributed by atoms with Crippen molar-refractivity contribution in [1.29, 1.82) is 0 Å². The van der Waals surface area contributed by atoms with Gasteiger partial charge in [-0.2, -0.15) is 0 Å². The molecule has 2 aromatic rings. The molecule has 2 aromatic carbocycles. The second-order valence-electron chi connectivity index (χ2n) is 6.09. The number of hydrogen-bond donors (Lipinski definition) is 2. The molecule has 0 saturated heterocycles. The number of benzene rings is 2. The van der Waals surface area contributed by atoms with Crippen LogP contribution >= 0.6 is 50.7 Å². The van der Waals surface area contributed by atoms with Crippen LogP contribution in [0.1, 0.15) is 30.6 Å². The highest BCUT2D eigenvalue weighted by Crippen LogP contribution is 2.26. The number of nitrogens with one attached hydrogen (secondary N) is 2. The Labute approximate surface area is 181 Å². The summed E-state index contributed by atoms with van der Waals surface area (Å²) in [5.74, 6) is 1.03. The Hall–Kier alpha value is -1.19. The van der Waals surface area contributed by atoms with Crippen LogP contribution < -0.4 is 15.4 Å².